The number of hydrogen-bond donors (Lipinski definition) is 5. The van der Waals surface area contributed by atoms with Crippen molar-refractivity contribution in [2.75, 3.05) is 19.6 Å². The number of thioether (sulfide) groups is 1. The smallest absolute Gasteiger partial charge is 0.345 e. The van der Waals surface area contributed by atoms with Gasteiger partial charge in [0.25, 0.3) is 5.69 Å². The van der Waals surface area contributed by atoms with Gasteiger partial charge in [-0.3, -0.25) is 34.0 Å². The first kappa shape index (κ1) is 35.8. The maximum atomic E-state index is 13.8. The van der Waals surface area contributed by atoms with Crippen LogP contribution in [-0.4, -0.2) is 104 Å². The Morgan fingerprint density at radius 3 is 2.36 bits per heavy atom. The standard InChI is InChI=1S/C27H28N8O13S2/c1-14(36)48-18-8-4-16(5-9-18)19(31-50(44,45)46)21(37)29-20-22(38)32-13-27(49-23(20)32,33-10-11-34(26(33)41)30-25(28)40)24(39)47-12-15-2-6-17(7-3-15)35(42)43/h2-9,19-20,23,31H,10-13H2,1H3,(H,29,37)(H3,28,30,40)(H,44,45,46)/t19-,20-,23-,27-/m1/s1. The lowest BCUT2D eigenvalue weighted by atomic mass is 10.0. The highest BCUT2D eigenvalue weighted by molar-refractivity contribution is 8.02. The lowest BCUT2D eigenvalue weighted by Crippen LogP contribution is -2.68. The minimum absolute atomic E-state index is 0.00685. The van der Waals surface area contributed by atoms with E-state index in [9.17, 15) is 51.9 Å². The van der Waals surface area contributed by atoms with Gasteiger partial charge in [0.1, 0.15) is 29.8 Å². The number of nitrogens with one attached hydrogen (secondary N) is 3. The summed E-state index contributed by atoms with van der Waals surface area (Å²) in [6.45, 7) is 0.145. The van der Waals surface area contributed by atoms with Crippen LogP contribution in [0.15, 0.2) is 48.5 Å². The van der Waals surface area contributed by atoms with E-state index in [1.807, 2.05) is 0 Å². The number of carbonyl (C=O) groups is 6. The van der Waals surface area contributed by atoms with Crippen LogP contribution in [0.3, 0.4) is 0 Å². The summed E-state index contributed by atoms with van der Waals surface area (Å²) in [4.78, 5) is 87.4. The summed E-state index contributed by atoms with van der Waals surface area (Å²) < 4.78 is 45.2. The van der Waals surface area contributed by atoms with Crippen LogP contribution >= 0.6 is 11.8 Å². The fourth-order valence-electron chi connectivity index (χ4n) is 5.43. The fraction of sp³-hybridized carbons (Fsp3) is 0.333. The van der Waals surface area contributed by atoms with Crippen molar-refractivity contribution < 1.29 is 56.1 Å². The molecule has 50 heavy (non-hydrogen) atoms. The molecule has 0 aliphatic carbocycles. The van der Waals surface area contributed by atoms with Gasteiger partial charge in [0.05, 0.1) is 18.0 Å². The summed E-state index contributed by atoms with van der Waals surface area (Å²) in [5.74, 6) is -3.31. The Hall–Kier alpha value is -5.52. The van der Waals surface area contributed by atoms with Gasteiger partial charge in [-0.25, -0.2) is 24.8 Å². The number of ether oxygens (including phenoxy) is 2. The van der Waals surface area contributed by atoms with Gasteiger partial charge in [-0.1, -0.05) is 23.9 Å². The topological polar surface area (TPSA) is 290 Å². The second-order valence-electron chi connectivity index (χ2n) is 11.0. The molecule has 266 valence electrons. The largest absolute Gasteiger partial charge is 0.458 e. The van der Waals surface area contributed by atoms with Gasteiger partial charge >= 0.3 is 34.3 Å². The molecular weight excluding hydrogens is 708 g/mol. The average Bonchev–Trinajstić information content (AvgIpc) is 3.59. The number of nitrogens with zero attached hydrogens (tertiary/aromatic N) is 4. The Morgan fingerprint density at radius 1 is 1.12 bits per heavy atom. The molecule has 4 atom stereocenters. The van der Waals surface area contributed by atoms with Gasteiger partial charge in [-0.05, 0) is 35.4 Å². The second kappa shape index (κ2) is 13.8. The molecule has 0 bridgehead atoms. The van der Waals surface area contributed by atoms with Crippen LogP contribution in [0, 0.1) is 10.1 Å². The molecule has 3 aliphatic rings. The molecule has 2 aromatic rings. The Bertz CT molecular complexity index is 1860. The summed E-state index contributed by atoms with van der Waals surface area (Å²) in [5.41, 5.74) is 7.47. The maximum Gasteiger partial charge on any atom is 0.345 e. The molecule has 3 saturated heterocycles. The van der Waals surface area contributed by atoms with Crippen molar-refractivity contribution in [3.63, 3.8) is 0 Å². The molecule has 0 spiro atoms. The monoisotopic (exact) mass is 736 g/mol. The Kier molecular flexibility index (Phi) is 9.85. The maximum absolute atomic E-state index is 13.8. The zero-order valence-electron chi connectivity index (χ0n) is 25.7. The van der Waals surface area contributed by atoms with E-state index in [0.717, 1.165) is 28.6 Å². The van der Waals surface area contributed by atoms with Gasteiger partial charge < -0.3 is 25.4 Å². The van der Waals surface area contributed by atoms with Crippen LogP contribution in [0.4, 0.5) is 15.3 Å². The van der Waals surface area contributed by atoms with E-state index in [2.05, 4.69) is 10.7 Å². The Balaban J connectivity index is 1.37. The number of hydrazine groups is 1. The van der Waals surface area contributed by atoms with E-state index in [0.29, 0.717) is 5.56 Å². The molecule has 23 heteroatoms. The highest BCUT2D eigenvalue weighted by Gasteiger charge is 2.67. The lowest BCUT2D eigenvalue weighted by Gasteiger charge is -2.41. The number of primary amides is 1. The van der Waals surface area contributed by atoms with Crippen molar-refractivity contribution in [1.82, 2.24) is 30.3 Å². The quantitative estimate of drug-likeness (QED) is 0.0442. The molecule has 0 aromatic heterocycles. The Morgan fingerprint density at radius 2 is 1.78 bits per heavy atom. The first-order valence-corrected chi connectivity index (χ1v) is 16.7. The number of nitro groups is 1. The number of esters is 2. The first-order valence-electron chi connectivity index (χ1n) is 14.4. The summed E-state index contributed by atoms with van der Waals surface area (Å²) in [6.07, 6.45) is 0. The van der Waals surface area contributed by atoms with Crippen molar-refractivity contribution in [3.05, 3.63) is 69.8 Å². The lowest BCUT2D eigenvalue weighted by molar-refractivity contribution is -0.384. The SMILES string of the molecule is CC(=O)Oc1ccc([C@@H](NS(=O)(=O)O)C(=O)N[C@@H]2C(=O)N3C[C@@](C(=O)OCc4ccc([N+](=O)[O-])cc4)(N4CCN(NC(N)=O)C4=O)S[C@H]23)cc1. The molecule has 0 unspecified atom stereocenters. The number of fused-ring (bicyclic) bond motifs is 1. The van der Waals surface area contributed by atoms with Crippen molar-refractivity contribution >= 4 is 63.6 Å². The number of carbonyl (C=O) groups excluding carboxylic acids is 6. The number of urea groups is 2. The molecule has 2 aromatic carbocycles. The number of rotatable bonds is 12. The molecule has 6 N–H and O–H groups in total. The van der Waals surface area contributed by atoms with Crippen LogP contribution < -0.4 is 25.9 Å². The highest BCUT2D eigenvalue weighted by atomic mass is 32.2. The van der Waals surface area contributed by atoms with Crippen molar-refractivity contribution in [3.8, 4) is 5.75 Å². The third-order valence-corrected chi connectivity index (χ3v) is 9.88. The third-order valence-electron chi connectivity index (χ3n) is 7.67. The number of β-lactam (4-membered cyclic amide) rings is 1. The van der Waals surface area contributed by atoms with Crippen LogP contribution in [-0.2, 0) is 40.8 Å². The van der Waals surface area contributed by atoms with E-state index in [1.165, 1.54) is 53.4 Å². The normalized spacial score (nSPS) is 21.9. The van der Waals surface area contributed by atoms with Gasteiger partial charge in [0, 0.05) is 25.6 Å². The van der Waals surface area contributed by atoms with E-state index >= 15 is 0 Å². The summed E-state index contributed by atoms with van der Waals surface area (Å²) >= 11 is 0.786. The number of amides is 6. The van der Waals surface area contributed by atoms with E-state index < -0.39 is 79.9 Å². The summed E-state index contributed by atoms with van der Waals surface area (Å²) in [7, 11) is -4.98. The summed E-state index contributed by atoms with van der Waals surface area (Å²) in [6, 6.07) is 5.15. The number of non-ortho nitro benzene ring substituents is 1. The van der Waals surface area contributed by atoms with Crippen LogP contribution in [0.1, 0.15) is 24.1 Å². The number of hydrogen-bond acceptors (Lipinski definition) is 13. The predicted molar refractivity (Wildman–Crippen MR) is 167 cm³/mol. The van der Waals surface area contributed by atoms with E-state index in [1.54, 1.807) is 4.72 Å². The molecular formula is C27H28N8O13S2. The molecule has 3 aliphatic heterocycles. The van der Waals surface area contributed by atoms with Crippen LogP contribution in [0.2, 0.25) is 0 Å². The van der Waals surface area contributed by atoms with Gasteiger partial charge in [0.15, 0.2) is 0 Å². The molecule has 21 nitrogen and oxygen atoms in total. The summed E-state index contributed by atoms with van der Waals surface area (Å²) in [5, 5.41) is 13.3. The van der Waals surface area contributed by atoms with Crippen LogP contribution in [0.5, 0.6) is 5.75 Å². The first-order chi connectivity index (χ1) is 23.5. The van der Waals surface area contributed by atoms with Gasteiger partial charge in [-0.2, -0.15) is 13.1 Å². The molecule has 3 fully saturated rings. The minimum atomic E-state index is -4.98. The number of nitrogens with two attached hydrogens (primary N) is 1. The molecule has 0 radical (unpaired) electrons. The minimum Gasteiger partial charge on any atom is -0.458 e. The zero-order chi connectivity index (χ0) is 36.5. The number of benzene rings is 2. The van der Waals surface area contributed by atoms with Crippen molar-refractivity contribution in [2.45, 2.75) is 35.9 Å². The molecule has 5 rings (SSSR count). The predicted octanol–water partition coefficient (Wildman–Crippen LogP) is -0.886. The van der Waals surface area contributed by atoms with Gasteiger partial charge in [-0.15, -0.1) is 0 Å². The third kappa shape index (κ3) is 7.39. The fourth-order valence-corrected chi connectivity index (χ4v) is 7.67. The average molecular weight is 737 g/mol. The van der Waals surface area contributed by atoms with E-state index in [-0.39, 0.29) is 36.7 Å². The van der Waals surface area contributed by atoms with Crippen molar-refractivity contribution in [2.24, 2.45) is 5.73 Å². The highest BCUT2D eigenvalue weighted by Crippen LogP contribution is 2.50. The molecule has 6 amide bonds. The Labute approximate surface area is 286 Å². The molecule has 0 saturated carbocycles. The van der Waals surface area contributed by atoms with E-state index in [4.69, 9.17) is 15.2 Å². The zero-order valence-corrected chi connectivity index (χ0v) is 27.3. The van der Waals surface area contributed by atoms with Crippen LogP contribution in [0.25, 0.3) is 0 Å². The molecule has 3 heterocycles. The number of nitro benzene ring substituents is 1. The van der Waals surface area contributed by atoms with Gasteiger partial charge in [0.2, 0.25) is 16.7 Å². The van der Waals surface area contributed by atoms with Crippen molar-refractivity contribution in [1.29, 1.82) is 0 Å². The second-order valence-corrected chi connectivity index (χ2v) is 13.6.